The van der Waals surface area contributed by atoms with Crippen LogP contribution in [-0.4, -0.2) is 12.6 Å². The van der Waals surface area contributed by atoms with Gasteiger partial charge < -0.3 is 11.1 Å². The van der Waals surface area contributed by atoms with Crippen molar-refractivity contribution >= 4 is 0 Å². The first kappa shape index (κ1) is 15.4. The molecule has 0 aliphatic heterocycles. The van der Waals surface area contributed by atoms with Crippen LogP contribution in [0, 0.1) is 5.41 Å². The highest BCUT2D eigenvalue weighted by molar-refractivity contribution is 5.27. The summed E-state index contributed by atoms with van der Waals surface area (Å²) in [6.07, 6.45) is 0.994. The molecule has 1 aromatic rings. The van der Waals surface area contributed by atoms with Crippen LogP contribution in [0.1, 0.15) is 56.7 Å². The van der Waals surface area contributed by atoms with Gasteiger partial charge >= 0.3 is 0 Å². The Balaban J connectivity index is 2.07. The lowest BCUT2D eigenvalue weighted by molar-refractivity contribution is 0.151. The Kier molecular flexibility index (Phi) is 4.76. The van der Waals surface area contributed by atoms with Gasteiger partial charge in [0.2, 0.25) is 0 Å². The first-order valence-corrected chi connectivity index (χ1v) is 7.25. The van der Waals surface area contributed by atoms with Crippen molar-refractivity contribution in [3.05, 3.63) is 35.4 Å². The standard InChI is InChI=1S/C16H24F2N2/c1-16(2)7-6-13(9-16)20-14(10-19)11-4-3-5-12(8-11)15(17)18/h3-5,8,13-15,20H,6-7,9-10,19H2,1-2H3. The topological polar surface area (TPSA) is 38.0 Å². The molecule has 0 spiro atoms. The van der Waals surface area contributed by atoms with E-state index in [1.807, 2.05) is 6.07 Å². The van der Waals surface area contributed by atoms with Crippen molar-refractivity contribution in [1.29, 1.82) is 0 Å². The van der Waals surface area contributed by atoms with Gasteiger partial charge in [0.05, 0.1) is 0 Å². The molecule has 112 valence electrons. The number of nitrogens with one attached hydrogen (secondary N) is 1. The molecule has 3 N–H and O–H groups in total. The van der Waals surface area contributed by atoms with Crippen molar-refractivity contribution < 1.29 is 8.78 Å². The molecule has 2 unspecified atom stereocenters. The van der Waals surface area contributed by atoms with E-state index in [1.54, 1.807) is 12.1 Å². The van der Waals surface area contributed by atoms with Gasteiger partial charge in [-0.05, 0) is 36.3 Å². The van der Waals surface area contributed by atoms with E-state index < -0.39 is 6.43 Å². The molecule has 0 amide bonds. The van der Waals surface area contributed by atoms with Crippen LogP contribution in [0.5, 0.6) is 0 Å². The Hall–Kier alpha value is -1.00. The summed E-state index contributed by atoms with van der Waals surface area (Å²) in [6, 6.07) is 6.95. The van der Waals surface area contributed by atoms with Crippen LogP contribution in [0.25, 0.3) is 0 Å². The van der Waals surface area contributed by atoms with Gasteiger partial charge in [-0.1, -0.05) is 32.0 Å². The van der Waals surface area contributed by atoms with Crippen LogP contribution in [0.2, 0.25) is 0 Å². The Labute approximate surface area is 119 Å². The number of halogens is 2. The van der Waals surface area contributed by atoms with Crippen LogP contribution < -0.4 is 11.1 Å². The zero-order chi connectivity index (χ0) is 14.8. The Morgan fingerprint density at radius 2 is 2.05 bits per heavy atom. The normalized spacial score (nSPS) is 23.2. The summed E-state index contributed by atoms with van der Waals surface area (Å²) in [5.74, 6) is 0. The summed E-state index contributed by atoms with van der Waals surface area (Å²) >= 11 is 0. The fourth-order valence-corrected chi connectivity index (χ4v) is 3.07. The number of hydrogen-bond donors (Lipinski definition) is 2. The summed E-state index contributed by atoms with van der Waals surface area (Å²) in [7, 11) is 0. The Morgan fingerprint density at radius 1 is 1.35 bits per heavy atom. The molecule has 1 aliphatic rings. The SMILES string of the molecule is CC1(C)CCC(NC(CN)c2cccc(C(F)F)c2)C1. The lowest BCUT2D eigenvalue weighted by Crippen LogP contribution is -2.35. The molecule has 0 heterocycles. The highest BCUT2D eigenvalue weighted by Gasteiger charge is 2.31. The average Bonchev–Trinajstić information content (AvgIpc) is 2.75. The second kappa shape index (κ2) is 6.19. The molecule has 2 rings (SSSR count). The largest absolute Gasteiger partial charge is 0.329 e. The van der Waals surface area contributed by atoms with E-state index in [-0.39, 0.29) is 11.6 Å². The van der Waals surface area contributed by atoms with Gasteiger partial charge in [-0.3, -0.25) is 0 Å². The summed E-state index contributed by atoms with van der Waals surface area (Å²) in [5, 5.41) is 3.53. The third kappa shape index (κ3) is 3.76. The molecular formula is C16H24F2N2. The molecule has 2 atom stereocenters. The van der Waals surface area contributed by atoms with Gasteiger partial charge in [0.25, 0.3) is 6.43 Å². The van der Waals surface area contributed by atoms with Crippen molar-refractivity contribution in [3.8, 4) is 0 Å². The van der Waals surface area contributed by atoms with Crippen LogP contribution in [-0.2, 0) is 0 Å². The van der Waals surface area contributed by atoms with E-state index in [0.29, 0.717) is 18.0 Å². The molecule has 0 radical (unpaired) electrons. The number of nitrogens with two attached hydrogens (primary N) is 1. The highest BCUT2D eigenvalue weighted by atomic mass is 19.3. The second-order valence-electron chi connectivity index (χ2n) is 6.53. The lowest BCUT2D eigenvalue weighted by atomic mass is 9.91. The summed E-state index contributed by atoms with van der Waals surface area (Å²) < 4.78 is 25.5. The van der Waals surface area contributed by atoms with E-state index >= 15 is 0 Å². The van der Waals surface area contributed by atoms with Gasteiger partial charge in [-0.2, -0.15) is 0 Å². The minimum absolute atomic E-state index is 0.0485. The molecule has 1 saturated carbocycles. The Bertz CT molecular complexity index is 446. The average molecular weight is 282 g/mol. The maximum Gasteiger partial charge on any atom is 0.263 e. The van der Waals surface area contributed by atoms with Crippen LogP contribution >= 0.6 is 0 Å². The van der Waals surface area contributed by atoms with Gasteiger partial charge in [-0.25, -0.2) is 8.78 Å². The van der Waals surface area contributed by atoms with Crippen LogP contribution in [0.4, 0.5) is 8.78 Å². The predicted molar refractivity (Wildman–Crippen MR) is 77.8 cm³/mol. The highest BCUT2D eigenvalue weighted by Crippen LogP contribution is 2.37. The van der Waals surface area contributed by atoms with Gasteiger partial charge in [-0.15, -0.1) is 0 Å². The molecule has 0 saturated heterocycles. The molecule has 0 bridgehead atoms. The van der Waals surface area contributed by atoms with E-state index in [9.17, 15) is 8.78 Å². The number of benzene rings is 1. The van der Waals surface area contributed by atoms with Crippen LogP contribution in [0.3, 0.4) is 0 Å². The molecular weight excluding hydrogens is 258 g/mol. The number of hydrogen-bond acceptors (Lipinski definition) is 2. The van der Waals surface area contributed by atoms with Gasteiger partial charge in [0.15, 0.2) is 0 Å². The van der Waals surface area contributed by atoms with Crippen LogP contribution in [0.15, 0.2) is 24.3 Å². The zero-order valence-electron chi connectivity index (χ0n) is 12.2. The molecule has 0 aromatic heterocycles. The smallest absolute Gasteiger partial charge is 0.263 e. The number of alkyl halides is 2. The lowest BCUT2D eigenvalue weighted by Gasteiger charge is -2.24. The minimum atomic E-state index is -2.43. The molecule has 1 aromatic carbocycles. The maximum atomic E-state index is 12.8. The van der Waals surface area contributed by atoms with E-state index in [4.69, 9.17) is 5.73 Å². The second-order valence-corrected chi connectivity index (χ2v) is 6.53. The monoisotopic (exact) mass is 282 g/mol. The fraction of sp³-hybridized carbons (Fsp3) is 0.625. The molecule has 1 aliphatic carbocycles. The van der Waals surface area contributed by atoms with Crippen molar-refractivity contribution in [2.24, 2.45) is 11.1 Å². The molecule has 2 nitrogen and oxygen atoms in total. The van der Waals surface area contributed by atoms with Crippen molar-refractivity contribution in [2.45, 2.75) is 51.6 Å². The van der Waals surface area contributed by atoms with Crippen molar-refractivity contribution in [3.63, 3.8) is 0 Å². The summed E-state index contributed by atoms with van der Waals surface area (Å²) in [4.78, 5) is 0. The first-order valence-electron chi connectivity index (χ1n) is 7.25. The first-order chi connectivity index (χ1) is 9.41. The van der Waals surface area contributed by atoms with Gasteiger partial charge in [0.1, 0.15) is 0 Å². The van der Waals surface area contributed by atoms with E-state index in [1.165, 1.54) is 12.5 Å². The predicted octanol–water partition coefficient (Wildman–Crippen LogP) is 3.79. The molecule has 4 heteroatoms. The van der Waals surface area contributed by atoms with Crippen molar-refractivity contribution in [1.82, 2.24) is 5.32 Å². The maximum absolute atomic E-state index is 12.8. The third-order valence-electron chi connectivity index (χ3n) is 4.21. The fourth-order valence-electron chi connectivity index (χ4n) is 3.07. The summed E-state index contributed by atoms with van der Waals surface area (Å²) in [6.45, 7) is 4.96. The van der Waals surface area contributed by atoms with E-state index in [2.05, 4.69) is 19.2 Å². The summed E-state index contributed by atoms with van der Waals surface area (Å²) in [5.41, 5.74) is 7.11. The number of rotatable bonds is 5. The quantitative estimate of drug-likeness (QED) is 0.862. The Morgan fingerprint density at radius 3 is 2.60 bits per heavy atom. The van der Waals surface area contributed by atoms with Crippen molar-refractivity contribution in [2.75, 3.05) is 6.54 Å². The van der Waals surface area contributed by atoms with E-state index in [0.717, 1.165) is 18.4 Å². The van der Waals surface area contributed by atoms with Gasteiger partial charge in [0, 0.05) is 24.2 Å². The molecule has 1 fully saturated rings. The third-order valence-corrected chi connectivity index (χ3v) is 4.21. The molecule has 20 heavy (non-hydrogen) atoms. The zero-order valence-corrected chi connectivity index (χ0v) is 12.2. The minimum Gasteiger partial charge on any atom is -0.329 e.